The Kier molecular flexibility index (Phi) is 4.90. The van der Waals surface area contributed by atoms with Gasteiger partial charge in [0.25, 0.3) is 5.91 Å². The van der Waals surface area contributed by atoms with Crippen LogP contribution < -0.4 is 4.80 Å². The van der Waals surface area contributed by atoms with Crippen molar-refractivity contribution in [2.45, 2.75) is 6.54 Å². The van der Waals surface area contributed by atoms with Gasteiger partial charge in [-0.15, -0.1) is 11.3 Å². The number of carbonyl (C=O) groups excluding carboxylic acids is 1. The first kappa shape index (κ1) is 14.0. The van der Waals surface area contributed by atoms with Crippen LogP contribution in [0, 0.1) is 0 Å². The van der Waals surface area contributed by atoms with Crippen LogP contribution in [-0.4, -0.2) is 24.2 Å². The molecule has 100 valence electrons. The smallest absolute Gasteiger partial charge is 0.274 e. The van der Waals surface area contributed by atoms with E-state index in [1.54, 1.807) is 0 Å². The summed E-state index contributed by atoms with van der Waals surface area (Å²) in [6.45, 7) is 0.576. The summed E-state index contributed by atoms with van der Waals surface area (Å²) in [6.07, 6.45) is 1.88. The van der Waals surface area contributed by atoms with E-state index in [0.717, 1.165) is 5.56 Å². The van der Waals surface area contributed by atoms with Crippen LogP contribution in [0.15, 0.2) is 40.8 Å². The van der Waals surface area contributed by atoms with Gasteiger partial charge >= 0.3 is 0 Å². The van der Waals surface area contributed by atoms with E-state index in [1.807, 2.05) is 40.4 Å². The number of amides is 1. The van der Waals surface area contributed by atoms with Crippen molar-refractivity contribution < 1.29 is 9.53 Å². The Morgan fingerprint density at radius 2 is 2.26 bits per heavy atom. The first-order valence-electron chi connectivity index (χ1n) is 5.64. The molecule has 0 bridgehead atoms. The van der Waals surface area contributed by atoms with Crippen LogP contribution in [0.1, 0.15) is 5.56 Å². The number of thiazole rings is 1. The van der Waals surface area contributed by atoms with E-state index in [9.17, 15) is 4.79 Å². The zero-order valence-electron chi connectivity index (χ0n) is 10.4. The standard InChI is InChI=1S/C13H13ClN2O2S/c1-18-9-12(17)15-13-16(6-7-19-13)8-10-4-2-3-5-11(10)14/h2-7H,8-9H2,1H3. The Morgan fingerprint density at radius 3 is 3.00 bits per heavy atom. The zero-order valence-corrected chi connectivity index (χ0v) is 11.9. The van der Waals surface area contributed by atoms with Gasteiger partial charge in [-0.2, -0.15) is 4.99 Å². The van der Waals surface area contributed by atoms with Crippen LogP contribution in [0.25, 0.3) is 0 Å². The summed E-state index contributed by atoms with van der Waals surface area (Å²) in [5, 5.41) is 2.59. The molecule has 0 radical (unpaired) electrons. The summed E-state index contributed by atoms with van der Waals surface area (Å²) in [5.41, 5.74) is 0.989. The van der Waals surface area contributed by atoms with Gasteiger partial charge in [0, 0.05) is 23.7 Å². The van der Waals surface area contributed by atoms with Crippen LogP contribution in [0.4, 0.5) is 0 Å². The molecule has 1 aromatic carbocycles. The van der Waals surface area contributed by atoms with Crippen molar-refractivity contribution in [3.8, 4) is 0 Å². The van der Waals surface area contributed by atoms with Gasteiger partial charge in [-0.25, -0.2) is 0 Å². The van der Waals surface area contributed by atoms with Gasteiger partial charge in [0.1, 0.15) is 6.61 Å². The van der Waals surface area contributed by atoms with Crippen LogP contribution >= 0.6 is 22.9 Å². The molecule has 19 heavy (non-hydrogen) atoms. The minimum absolute atomic E-state index is 0.00993. The molecule has 0 aliphatic heterocycles. The van der Waals surface area contributed by atoms with E-state index in [4.69, 9.17) is 16.3 Å². The number of aromatic nitrogens is 1. The molecule has 4 nitrogen and oxygen atoms in total. The van der Waals surface area contributed by atoms with Crippen LogP contribution in [0.3, 0.4) is 0 Å². The van der Waals surface area contributed by atoms with Crippen LogP contribution in [0.5, 0.6) is 0 Å². The third kappa shape index (κ3) is 3.76. The average molecular weight is 297 g/mol. The predicted molar refractivity (Wildman–Crippen MR) is 75.3 cm³/mol. The fraction of sp³-hybridized carbons (Fsp3) is 0.231. The second kappa shape index (κ2) is 6.65. The summed E-state index contributed by atoms with van der Waals surface area (Å²) in [6, 6.07) is 7.61. The number of carbonyl (C=O) groups is 1. The highest BCUT2D eigenvalue weighted by molar-refractivity contribution is 7.07. The number of benzene rings is 1. The molecule has 0 saturated carbocycles. The lowest BCUT2D eigenvalue weighted by molar-refractivity contribution is -0.121. The maximum absolute atomic E-state index is 11.5. The highest BCUT2D eigenvalue weighted by Gasteiger charge is 2.03. The molecule has 0 atom stereocenters. The molecule has 2 aromatic rings. The second-order valence-electron chi connectivity index (χ2n) is 3.84. The molecule has 0 saturated heterocycles. The van der Waals surface area contributed by atoms with Crippen molar-refractivity contribution in [3.05, 3.63) is 51.2 Å². The first-order chi connectivity index (χ1) is 9.20. The van der Waals surface area contributed by atoms with Gasteiger partial charge in [0.05, 0.1) is 6.54 Å². The average Bonchev–Trinajstić information content (AvgIpc) is 2.80. The van der Waals surface area contributed by atoms with Crippen molar-refractivity contribution in [2.24, 2.45) is 4.99 Å². The van der Waals surface area contributed by atoms with Gasteiger partial charge < -0.3 is 9.30 Å². The monoisotopic (exact) mass is 296 g/mol. The quantitative estimate of drug-likeness (QED) is 0.869. The molecule has 0 N–H and O–H groups in total. The van der Waals surface area contributed by atoms with Gasteiger partial charge in [0.15, 0.2) is 4.80 Å². The molecule has 1 aromatic heterocycles. The van der Waals surface area contributed by atoms with E-state index in [-0.39, 0.29) is 12.5 Å². The summed E-state index contributed by atoms with van der Waals surface area (Å²) in [5.74, 6) is -0.294. The van der Waals surface area contributed by atoms with Crippen molar-refractivity contribution >= 4 is 28.8 Å². The van der Waals surface area contributed by atoms with E-state index < -0.39 is 0 Å². The largest absolute Gasteiger partial charge is 0.375 e. The summed E-state index contributed by atoms with van der Waals surface area (Å²) in [4.78, 5) is 16.1. The highest BCUT2D eigenvalue weighted by Crippen LogP contribution is 2.15. The van der Waals surface area contributed by atoms with Crippen molar-refractivity contribution in [3.63, 3.8) is 0 Å². The predicted octanol–water partition coefficient (Wildman–Crippen LogP) is 2.33. The number of methoxy groups -OCH3 is 1. The summed E-state index contributed by atoms with van der Waals surface area (Å²) < 4.78 is 6.65. The molecule has 0 aliphatic rings. The molecule has 0 fully saturated rings. The van der Waals surface area contributed by atoms with E-state index >= 15 is 0 Å². The van der Waals surface area contributed by atoms with E-state index in [0.29, 0.717) is 16.4 Å². The third-order valence-electron chi connectivity index (χ3n) is 2.45. The number of rotatable bonds is 4. The number of hydrogen-bond donors (Lipinski definition) is 0. The molecule has 1 amide bonds. The molecule has 0 spiro atoms. The van der Waals surface area contributed by atoms with E-state index in [2.05, 4.69) is 4.99 Å². The van der Waals surface area contributed by atoms with Gasteiger partial charge in [0.2, 0.25) is 0 Å². The fourth-order valence-corrected chi connectivity index (χ4v) is 2.52. The fourth-order valence-electron chi connectivity index (χ4n) is 1.58. The van der Waals surface area contributed by atoms with Crippen molar-refractivity contribution in [1.29, 1.82) is 0 Å². The number of ether oxygens (including phenoxy) is 1. The third-order valence-corrected chi connectivity index (χ3v) is 3.61. The Hall–Kier alpha value is -1.43. The lowest BCUT2D eigenvalue weighted by Gasteiger charge is -2.05. The maximum atomic E-state index is 11.5. The maximum Gasteiger partial charge on any atom is 0.274 e. The second-order valence-corrected chi connectivity index (χ2v) is 5.12. The molecular formula is C13H13ClN2O2S. The highest BCUT2D eigenvalue weighted by atomic mass is 35.5. The zero-order chi connectivity index (χ0) is 13.7. The molecule has 1 heterocycles. The minimum atomic E-state index is -0.294. The molecule has 6 heteroatoms. The normalized spacial score (nSPS) is 11.8. The Labute approximate surface area is 119 Å². The van der Waals surface area contributed by atoms with Gasteiger partial charge in [-0.1, -0.05) is 29.8 Å². The minimum Gasteiger partial charge on any atom is -0.375 e. The van der Waals surface area contributed by atoms with E-state index in [1.165, 1.54) is 18.4 Å². The van der Waals surface area contributed by atoms with Crippen LogP contribution in [-0.2, 0) is 16.1 Å². The number of hydrogen-bond acceptors (Lipinski definition) is 3. The van der Waals surface area contributed by atoms with Crippen molar-refractivity contribution in [1.82, 2.24) is 4.57 Å². The first-order valence-corrected chi connectivity index (χ1v) is 6.90. The van der Waals surface area contributed by atoms with Gasteiger partial charge in [-0.3, -0.25) is 4.79 Å². The molecule has 0 unspecified atom stereocenters. The Bertz CT molecular complexity index is 633. The lowest BCUT2D eigenvalue weighted by Crippen LogP contribution is -2.18. The number of nitrogens with zero attached hydrogens (tertiary/aromatic N) is 2. The van der Waals surface area contributed by atoms with Crippen LogP contribution in [0.2, 0.25) is 5.02 Å². The molecule has 2 rings (SSSR count). The Morgan fingerprint density at radius 1 is 1.47 bits per heavy atom. The SMILES string of the molecule is COCC(=O)N=c1sccn1Cc1ccccc1Cl. The number of halogens is 1. The van der Waals surface area contributed by atoms with Crippen molar-refractivity contribution in [2.75, 3.05) is 13.7 Å². The lowest BCUT2D eigenvalue weighted by atomic mass is 10.2. The molecule has 0 aliphatic carbocycles. The summed E-state index contributed by atoms with van der Waals surface area (Å²) >= 11 is 7.53. The topological polar surface area (TPSA) is 43.6 Å². The Balaban J connectivity index is 2.26. The van der Waals surface area contributed by atoms with Gasteiger partial charge in [-0.05, 0) is 11.6 Å². The molecular weight excluding hydrogens is 284 g/mol. The summed E-state index contributed by atoms with van der Waals surface area (Å²) in [7, 11) is 1.47.